The predicted molar refractivity (Wildman–Crippen MR) is 143 cm³/mol. The van der Waals surface area contributed by atoms with Gasteiger partial charge in [-0.2, -0.15) is 4.98 Å². The summed E-state index contributed by atoms with van der Waals surface area (Å²) in [4.78, 5) is 25.4. The summed E-state index contributed by atoms with van der Waals surface area (Å²) in [5.41, 5.74) is 6.24. The number of aromatic nitrogens is 3. The number of hydrogen-bond donors (Lipinski definition) is 1. The van der Waals surface area contributed by atoms with Crippen molar-refractivity contribution in [1.29, 1.82) is 0 Å². The molecule has 184 valence electrons. The summed E-state index contributed by atoms with van der Waals surface area (Å²) in [6.07, 6.45) is 2.49. The van der Waals surface area contributed by atoms with Crippen molar-refractivity contribution in [2.24, 2.45) is 0 Å². The lowest BCUT2D eigenvalue weighted by molar-refractivity contribution is 0.102. The minimum atomic E-state index is -3.63. The van der Waals surface area contributed by atoms with E-state index in [0.29, 0.717) is 33.1 Å². The second-order valence-corrected chi connectivity index (χ2v) is 17.2. The average Bonchev–Trinajstić information content (AvgIpc) is 2.78. The Balaban J connectivity index is 2.21. The van der Waals surface area contributed by atoms with Gasteiger partial charge in [0, 0.05) is 23.6 Å². The molecular formula is C26H32N4O3SSi. The third-order valence-electron chi connectivity index (χ3n) is 6.43. The zero-order valence-electron chi connectivity index (χ0n) is 21.2. The molecule has 0 aliphatic carbocycles. The summed E-state index contributed by atoms with van der Waals surface area (Å²) in [6, 6.07) is 10.5. The van der Waals surface area contributed by atoms with Crippen molar-refractivity contribution in [3.8, 4) is 11.5 Å². The molecule has 35 heavy (non-hydrogen) atoms. The van der Waals surface area contributed by atoms with Crippen molar-refractivity contribution in [2.45, 2.75) is 63.3 Å². The van der Waals surface area contributed by atoms with Gasteiger partial charge >= 0.3 is 0 Å². The minimum absolute atomic E-state index is 0.168. The van der Waals surface area contributed by atoms with Crippen LogP contribution in [0.3, 0.4) is 0 Å². The lowest BCUT2D eigenvalue weighted by Crippen LogP contribution is -2.43. The van der Waals surface area contributed by atoms with Gasteiger partial charge in [-0.1, -0.05) is 65.7 Å². The second kappa shape index (κ2) is 10.3. The van der Waals surface area contributed by atoms with Crippen LogP contribution in [0.25, 0.3) is 11.0 Å². The first-order valence-corrected chi connectivity index (χ1v) is 15.8. The molecule has 0 fully saturated rings. The minimum Gasteiger partial charge on any atom is -0.306 e. The van der Waals surface area contributed by atoms with Crippen LogP contribution in [0.2, 0.25) is 16.6 Å². The average molecular weight is 509 g/mol. The Labute approximate surface area is 208 Å². The predicted octanol–water partition coefficient (Wildman–Crippen LogP) is 5.25. The van der Waals surface area contributed by atoms with Crippen molar-refractivity contribution < 1.29 is 13.2 Å². The van der Waals surface area contributed by atoms with Gasteiger partial charge in [0.05, 0.1) is 5.39 Å². The van der Waals surface area contributed by atoms with E-state index in [0.717, 1.165) is 6.26 Å². The Kier molecular flexibility index (Phi) is 7.77. The summed E-state index contributed by atoms with van der Waals surface area (Å²) in [5, 5.41) is 3.02. The molecule has 1 N–H and O–H groups in total. The van der Waals surface area contributed by atoms with E-state index in [1.165, 1.54) is 6.20 Å². The smallest absolute Gasteiger partial charge is 0.256 e. The second-order valence-electron chi connectivity index (χ2n) is 9.68. The first kappa shape index (κ1) is 26.5. The molecular weight excluding hydrogens is 476 g/mol. The van der Waals surface area contributed by atoms with Gasteiger partial charge in [0.15, 0.2) is 5.65 Å². The van der Waals surface area contributed by atoms with E-state index in [-0.39, 0.29) is 22.5 Å². The first-order chi connectivity index (χ1) is 16.4. The molecule has 0 saturated carbocycles. The fourth-order valence-corrected chi connectivity index (χ4v) is 10.4. The van der Waals surface area contributed by atoms with Gasteiger partial charge < -0.3 is 5.32 Å². The third-order valence-corrected chi connectivity index (χ3v) is 13.6. The van der Waals surface area contributed by atoms with Gasteiger partial charge in [0.25, 0.3) is 5.91 Å². The fraction of sp³-hybridized carbons (Fsp3) is 0.385. The number of carbonyl (C=O) groups is 1. The Morgan fingerprint density at radius 1 is 0.971 bits per heavy atom. The lowest BCUT2D eigenvalue weighted by Gasteiger charge is -2.38. The van der Waals surface area contributed by atoms with Gasteiger partial charge in [-0.15, -0.1) is 5.54 Å². The van der Waals surface area contributed by atoms with Crippen molar-refractivity contribution in [3.05, 3.63) is 53.7 Å². The van der Waals surface area contributed by atoms with Gasteiger partial charge in [-0.05, 0) is 34.8 Å². The van der Waals surface area contributed by atoms with Crippen LogP contribution in [0, 0.1) is 11.5 Å². The van der Waals surface area contributed by atoms with E-state index in [9.17, 15) is 13.2 Å². The number of anilines is 1. The number of hydrogen-bond acceptors (Lipinski definition) is 6. The molecule has 0 radical (unpaired) electrons. The fourth-order valence-electron chi connectivity index (χ4n) is 4.73. The summed E-state index contributed by atoms with van der Waals surface area (Å²) in [7, 11) is -5.68. The Morgan fingerprint density at radius 2 is 1.57 bits per heavy atom. The van der Waals surface area contributed by atoms with Crippen LogP contribution in [0.4, 0.5) is 5.82 Å². The molecule has 0 unspecified atom stereocenters. The number of amides is 1. The summed E-state index contributed by atoms with van der Waals surface area (Å²) >= 11 is 0. The van der Waals surface area contributed by atoms with E-state index in [2.05, 4.69) is 73.3 Å². The van der Waals surface area contributed by atoms with Gasteiger partial charge in [-0.25, -0.2) is 18.4 Å². The van der Waals surface area contributed by atoms with Gasteiger partial charge in [0.2, 0.25) is 15.0 Å². The number of rotatable bonds is 6. The number of nitrogens with zero attached hydrogens (tertiary/aromatic N) is 3. The van der Waals surface area contributed by atoms with Crippen LogP contribution in [0.1, 0.15) is 57.5 Å². The van der Waals surface area contributed by atoms with E-state index in [1.807, 2.05) is 6.07 Å². The van der Waals surface area contributed by atoms with E-state index in [1.54, 1.807) is 30.3 Å². The summed E-state index contributed by atoms with van der Waals surface area (Å²) in [6.45, 7) is 13.4. The number of sulfone groups is 1. The first-order valence-electron chi connectivity index (χ1n) is 11.6. The molecule has 1 amide bonds. The molecule has 9 heteroatoms. The molecule has 7 nitrogen and oxygen atoms in total. The van der Waals surface area contributed by atoms with E-state index < -0.39 is 17.9 Å². The van der Waals surface area contributed by atoms with Crippen LogP contribution >= 0.6 is 0 Å². The van der Waals surface area contributed by atoms with E-state index in [4.69, 9.17) is 0 Å². The molecule has 3 aromatic rings. The molecule has 0 bridgehead atoms. The highest BCUT2D eigenvalue weighted by atomic mass is 32.2. The number of benzene rings is 1. The molecule has 0 spiro atoms. The Bertz CT molecular complexity index is 1390. The maximum absolute atomic E-state index is 12.8. The molecule has 0 atom stereocenters. The van der Waals surface area contributed by atoms with Crippen molar-refractivity contribution in [3.63, 3.8) is 0 Å². The summed E-state index contributed by atoms with van der Waals surface area (Å²) < 4.78 is 24.1. The maximum Gasteiger partial charge on any atom is 0.256 e. The Morgan fingerprint density at radius 3 is 2.11 bits per heavy atom. The standard InChI is InChI=1S/C26H32N4O3SSi/c1-17(2)35(18(3)4,19(5)6)14-13-21-15-23(29-25(31)20-11-9-8-10-12-20)28-24-22(21)16-27-26(30-24)34(7,32)33/h8-12,15-19H,1-7H3,(H,27,28,29,30,31). The largest absolute Gasteiger partial charge is 0.306 e. The lowest BCUT2D eigenvalue weighted by atomic mass is 10.2. The molecule has 1 aromatic carbocycles. The van der Waals surface area contributed by atoms with Crippen molar-refractivity contribution in [1.82, 2.24) is 15.0 Å². The third kappa shape index (κ3) is 5.60. The Hall–Kier alpha value is -3.09. The number of fused-ring (bicyclic) bond motifs is 1. The highest BCUT2D eigenvalue weighted by Crippen LogP contribution is 2.41. The molecule has 0 aliphatic heterocycles. The number of carbonyl (C=O) groups excluding carboxylic acids is 1. The van der Waals surface area contributed by atoms with Crippen LogP contribution < -0.4 is 5.32 Å². The SMILES string of the molecule is CC(C)[Si](C#Cc1cc(NC(=O)c2ccccc2)nc2nc(S(C)(=O)=O)ncc12)(C(C)C)C(C)C. The number of pyridine rings is 1. The summed E-state index contributed by atoms with van der Waals surface area (Å²) in [5.74, 6) is 3.30. The molecule has 0 aliphatic rings. The molecule has 3 rings (SSSR count). The van der Waals surface area contributed by atoms with Crippen LogP contribution in [0.5, 0.6) is 0 Å². The van der Waals surface area contributed by atoms with Crippen LogP contribution in [-0.2, 0) is 9.84 Å². The topological polar surface area (TPSA) is 102 Å². The van der Waals surface area contributed by atoms with Crippen LogP contribution in [0.15, 0.2) is 47.8 Å². The molecule has 2 aromatic heterocycles. The van der Waals surface area contributed by atoms with Crippen molar-refractivity contribution in [2.75, 3.05) is 11.6 Å². The zero-order valence-corrected chi connectivity index (χ0v) is 23.1. The van der Waals surface area contributed by atoms with Gasteiger partial charge in [0.1, 0.15) is 13.9 Å². The highest BCUT2D eigenvalue weighted by molar-refractivity contribution is 7.90. The normalized spacial score (nSPS) is 12.2. The number of nitrogens with one attached hydrogen (secondary N) is 1. The van der Waals surface area contributed by atoms with Gasteiger partial charge in [-0.3, -0.25) is 4.79 Å². The molecule has 0 saturated heterocycles. The quantitative estimate of drug-likeness (QED) is 0.277. The maximum atomic E-state index is 12.8. The van der Waals surface area contributed by atoms with Crippen molar-refractivity contribution >= 4 is 40.7 Å². The molecule has 2 heterocycles. The highest BCUT2D eigenvalue weighted by Gasteiger charge is 2.41. The van der Waals surface area contributed by atoms with E-state index >= 15 is 0 Å². The monoisotopic (exact) mass is 508 g/mol. The van der Waals surface area contributed by atoms with Crippen LogP contribution in [-0.4, -0.2) is 43.6 Å². The zero-order chi connectivity index (χ0) is 26.0.